The summed E-state index contributed by atoms with van der Waals surface area (Å²) in [5, 5.41) is 0. The summed E-state index contributed by atoms with van der Waals surface area (Å²) < 4.78 is 0. The van der Waals surface area contributed by atoms with Gasteiger partial charge in [0, 0.05) is 18.2 Å². The molecule has 1 heterocycles. The number of nitrogen functional groups attached to an aromatic ring is 1. The first-order valence-electron chi connectivity index (χ1n) is 6.13. The number of hydrogen-bond acceptors (Lipinski definition) is 4. The highest BCUT2D eigenvalue weighted by molar-refractivity contribution is 5.34. The molecule has 0 fully saturated rings. The molecule has 0 aliphatic heterocycles. The maximum atomic E-state index is 5.44. The second kappa shape index (κ2) is 5.45. The molecule has 0 aliphatic rings. The van der Waals surface area contributed by atoms with E-state index in [0.717, 1.165) is 24.4 Å². The Hall–Kier alpha value is -1.16. The average Bonchev–Trinajstić information content (AvgIpc) is 2.13. The summed E-state index contributed by atoms with van der Waals surface area (Å²) >= 11 is 0. The molecular weight excluding hydrogens is 212 g/mol. The first-order valence-corrected chi connectivity index (χ1v) is 6.13. The van der Waals surface area contributed by atoms with Crippen LogP contribution in [0.25, 0.3) is 0 Å². The summed E-state index contributed by atoms with van der Waals surface area (Å²) in [5.41, 5.74) is 3.86. The van der Waals surface area contributed by atoms with E-state index in [2.05, 4.69) is 50.0 Å². The fourth-order valence-electron chi connectivity index (χ4n) is 1.70. The molecule has 0 amide bonds. The minimum atomic E-state index is 0.183. The standard InChI is InChI=1S/C13H24N4/c1-9(2)6-10-7-11(17-14)16-12(15-10)8-13(3,4)5/h7,9H,6,8,14H2,1-5H3,(H,15,16,17). The minimum Gasteiger partial charge on any atom is -0.308 e. The van der Waals surface area contributed by atoms with E-state index in [1.165, 1.54) is 0 Å². The number of hydrazine groups is 1. The first-order chi connectivity index (χ1) is 7.80. The zero-order valence-electron chi connectivity index (χ0n) is 11.5. The van der Waals surface area contributed by atoms with Crippen molar-refractivity contribution in [1.29, 1.82) is 0 Å². The maximum absolute atomic E-state index is 5.44. The molecule has 1 aromatic rings. The lowest BCUT2D eigenvalue weighted by Crippen LogP contribution is -2.16. The van der Waals surface area contributed by atoms with E-state index in [-0.39, 0.29) is 5.41 Å². The van der Waals surface area contributed by atoms with Gasteiger partial charge in [-0.2, -0.15) is 0 Å². The van der Waals surface area contributed by atoms with Gasteiger partial charge in [-0.1, -0.05) is 34.6 Å². The van der Waals surface area contributed by atoms with Crippen molar-refractivity contribution >= 4 is 5.82 Å². The molecule has 3 N–H and O–H groups in total. The number of nitrogens with one attached hydrogen (secondary N) is 1. The second-order valence-corrected chi connectivity index (χ2v) is 6.14. The normalized spacial score (nSPS) is 11.9. The Bertz CT molecular complexity index is 366. The van der Waals surface area contributed by atoms with E-state index in [4.69, 9.17) is 5.84 Å². The van der Waals surface area contributed by atoms with Crippen LogP contribution in [-0.2, 0) is 12.8 Å². The molecule has 17 heavy (non-hydrogen) atoms. The number of nitrogens with two attached hydrogens (primary N) is 1. The van der Waals surface area contributed by atoms with Crippen molar-refractivity contribution in [2.45, 2.75) is 47.5 Å². The molecule has 4 nitrogen and oxygen atoms in total. The van der Waals surface area contributed by atoms with Gasteiger partial charge in [0.1, 0.15) is 11.6 Å². The van der Waals surface area contributed by atoms with Gasteiger partial charge in [0.15, 0.2) is 0 Å². The number of nitrogens with zero attached hydrogens (tertiary/aromatic N) is 2. The van der Waals surface area contributed by atoms with E-state index >= 15 is 0 Å². The second-order valence-electron chi connectivity index (χ2n) is 6.14. The molecule has 0 aliphatic carbocycles. The van der Waals surface area contributed by atoms with Gasteiger partial charge in [0.05, 0.1) is 0 Å². The van der Waals surface area contributed by atoms with Gasteiger partial charge in [0.2, 0.25) is 0 Å². The highest BCUT2D eigenvalue weighted by atomic mass is 15.3. The van der Waals surface area contributed by atoms with Gasteiger partial charge in [-0.25, -0.2) is 15.8 Å². The molecule has 1 aromatic heterocycles. The van der Waals surface area contributed by atoms with Crippen LogP contribution in [0.2, 0.25) is 0 Å². The summed E-state index contributed by atoms with van der Waals surface area (Å²) in [4.78, 5) is 9.00. The van der Waals surface area contributed by atoms with Crippen molar-refractivity contribution in [2.24, 2.45) is 17.2 Å². The van der Waals surface area contributed by atoms with Crippen LogP contribution in [0.5, 0.6) is 0 Å². The highest BCUT2D eigenvalue weighted by Gasteiger charge is 2.15. The summed E-state index contributed by atoms with van der Waals surface area (Å²) in [6.45, 7) is 10.9. The topological polar surface area (TPSA) is 63.8 Å². The fourth-order valence-corrected chi connectivity index (χ4v) is 1.70. The van der Waals surface area contributed by atoms with Gasteiger partial charge in [-0.05, 0) is 17.8 Å². The summed E-state index contributed by atoms with van der Waals surface area (Å²) in [5.74, 6) is 7.59. The van der Waals surface area contributed by atoms with E-state index in [1.54, 1.807) is 0 Å². The van der Waals surface area contributed by atoms with Crippen molar-refractivity contribution in [3.05, 3.63) is 17.6 Å². The summed E-state index contributed by atoms with van der Waals surface area (Å²) in [7, 11) is 0. The van der Waals surface area contributed by atoms with Crippen LogP contribution in [0.3, 0.4) is 0 Å². The van der Waals surface area contributed by atoms with Crippen molar-refractivity contribution in [3.63, 3.8) is 0 Å². The lowest BCUT2D eigenvalue weighted by atomic mass is 9.92. The Morgan fingerprint density at radius 1 is 1.29 bits per heavy atom. The minimum absolute atomic E-state index is 0.183. The van der Waals surface area contributed by atoms with Crippen molar-refractivity contribution in [3.8, 4) is 0 Å². The van der Waals surface area contributed by atoms with E-state index in [1.807, 2.05) is 6.07 Å². The Morgan fingerprint density at radius 2 is 1.94 bits per heavy atom. The van der Waals surface area contributed by atoms with Crippen molar-refractivity contribution in [1.82, 2.24) is 9.97 Å². The molecule has 0 saturated carbocycles. The van der Waals surface area contributed by atoms with Gasteiger partial charge >= 0.3 is 0 Å². The molecule has 0 aromatic carbocycles. The molecule has 96 valence electrons. The van der Waals surface area contributed by atoms with Crippen LogP contribution < -0.4 is 11.3 Å². The summed E-state index contributed by atoms with van der Waals surface area (Å²) in [6, 6.07) is 1.92. The number of rotatable bonds is 4. The number of hydrogen-bond donors (Lipinski definition) is 2. The number of aromatic nitrogens is 2. The van der Waals surface area contributed by atoms with Gasteiger partial charge in [0.25, 0.3) is 0 Å². The Labute approximate surface area is 104 Å². The highest BCUT2D eigenvalue weighted by Crippen LogP contribution is 2.20. The third-order valence-corrected chi connectivity index (χ3v) is 2.28. The van der Waals surface area contributed by atoms with E-state index < -0.39 is 0 Å². The quantitative estimate of drug-likeness (QED) is 0.623. The van der Waals surface area contributed by atoms with Crippen molar-refractivity contribution in [2.75, 3.05) is 5.43 Å². The molecule has 0 unspecified atom stereocenters. The number of anilines is 1. The average molecular weight is 236 g/mol. The molecule has 1 rings (SSSR count). The maximum Gasteiger partial charge on any atom is 0.143 e. The zero-order chi connectivity index (χ0) is 13.1. The van der Waals surface area contributed by atoms with Crippen LogP contribution in [-0.4, -0.2) is 9.97 Å². The van der Waals surface area contributed by atoms with Gasteiger partial charge < -0.3 is 5.43 Å². The third-order valence-electron chi connectivity index (χ3n) is 2.28. The molecule has 0 saturated heterocycles. The first kappa shape index (κ1) is 13.9. The van der Waals surface area contributed by atoms with E-state index in [0.29, 0.717) is 11.7 Å². The Balaban J connectivity index is 2.97. The Kier molecular flexibility index (Phi) is 4.46. The largest absolute Gasteiger partial charge is 0.308 e. The SMILES string of the molecule is CC(C)Cc1cc(NN)nc(CC(C)(C)C)n1. The monoisotopic (exact) mass is 236 g/mol. The molecule has 0 atom stereocenters. The summed E-state index contributed by atoms with van der Waals surface area (Å²) in [6.07, 6.45) is 1.81. The molecule has 0 radical (unpaired) electrons. The van der Waals surface area contributed by atoms with Crippen LogP contribution in [0.1, 0.15) is 46.1 Å². The van der Waals surface area contributed by atoms with Crippen molar-refractivity contribution < 1.29 is 0 Å². The Morgan fingerprint density at radius 3 is 2.41 bits per heavy atom. The van der Waals surface area contributed by atoms with Gasteiger partial charge in [-0.3, -0.25) is 0 Å². The lowest BCUT2D eigenvalue weighted by Gasteiger charge is -2.18. The predicted octanol–water partition coefficient (Wildman–Crippen LogP) is 2.55. The predicted molar refractivity (Wildman–Crippen MR) is 71.5 cm³/mol. The molecule has 0 spiro atoms. The third kappa shape index (κ3) is 5.13. The van der Waals surface area contributed by atoms with Crippen LogP contribution in [0, 0.1) is 11.3 Å². The smallest absolute Gasteiger partial charge is 0.143 e. The van der Waals surface area contributed by atoms with Crippen LogP contribution in [0.4, 0.5) is 5.82 Å². The lowest BCUT2D eigenvalue weighted by molar-refractivity contribution is 0.400. The fraction of sp³-hybridized carbons (Fsp3) is 0.692. The molecular formula is C13H24N4. The van der Waals surface area contributed by atoms with Gasteiger partial charge in [-0.15, -0.1) is 0 Å². The van der Waals surface area contributed by atoms with Crippen LogP contribution >= 0.6 is 0 Å². The van der Waals surface area contributed by atoms with E-state index in [9.17, 15) is 0 Å². The zero-order valence-corrected chi connectivity index (χ0v) is 11.5. The molecule has 0 bridgehead atoms. The molecule has 4 heteroatoms. The van der Waals surface area contributed by atoms with Crippen LogP contribution in [0.15, 0.2) is 6.07 Å².